The summed E-state index contributed by atoms with van der Waals surface area (Å²) in [4.78, 5) is 27.5. The topological polar surface area (TPSA) is 83.6 Å². The molecule has 0 bridgehead atoms. The van der Waals surface area contributed by atoms with E-state index in [1.54, 1.807) is 29.2 Å². The molecule has 2 rings (SSSR count). The zero-order valence-corrected chi connectivity index (χ0v) is 17.2. The lowest BCUT2D eigenvalue weighted by Gasteiger charge is -2.33. The van der Waals surface area contributed by atoms with Crippen LogP contribution in [0.3, 0.4) is 0 Å². The van der Waals surface area contributed by atoms with Crippen molar-refractivity contribution in [1.82, 2.24) is 10.2 Å². The van der Waals surface area contributed by atoms with Crippen LogP contribution in [-0.2, 0) is 14.6 Å². The van der Waals surface area contributed by atoms with Crippen LogP contribution < -0.4 is 5.32 Å². The maximum absolute atomic E-state index is 13.3. The summed E-state index contributed by atoms with van der Waals surface area (Å²) in [7, 11) is -3.09. The van der Waals surface area contributed by atoms with Crippen molar-refractivity contribution in [3.63, 3.8) is 0 Å². The Balaban J connectivity index is 2.19. The Kier molecular flexibility index (Phi) is 7.41. The third-order valence-electron chi connectivity index (χ3n) is 4.94. The van der Waals surface area contributed by atoms with E-state index in [1.807, 2.05) is 26.8 Å². The second-order valence-electron chi connectivity index (χ2n) is 7.50. The predicted molar refractivity (Wildman–Crippen MR) is 106 cm³/mol. The minimum atomic E-state index is -3.09. The zero-order valence-electron chi connectivity index (χ0n) is 16.3. The van der Waals surface area contributed by atoms with Gasteiger partial charge in [-0.1, -0.05) is 45.4 Å². The quantitative estimate of drug-likeness (QED) is 0.733. The number of nitrogens with one attached hydrogen (secondary N) is 1. The number of benzene rings is 1. The molecule has 7 heteroatoms. The van der Waals surface area contributed by atoms with Crippen molar-refractivity contribution < 1.29 is 18.0 Å². The van der Waals surface area contributed by atoms with Gasteiger partial charge in [-0.05, 0) is 30.9 Å². The van der Waals surface area contributed by atoms with E-state index in [2.05, 4.69) is 5.32 Å². The van der Waals surface area contributed by atoms with Gasteiger partial charge in [0.2, 0.25) is 5.91 Å². The molecule has 1 fully saturated rings. The summed E-state index contributed by atoms with van der Waals surface area (Å²) >= 11 is 0. The first-order valence-electron chi connectivity index (χ1n) is 9.62. The first kappa shape index (κ1) is 21.4. The lowest BCUT2D eigenvalue weighted by Crippen LogP contribution is -2.54. The number of hydrogen-bond acceptors (Lipinski definition) is 4. The Labute approximate surface area is 162 Å². The van der Waals surface area contributed by atoms with Gasteiger partial charge >= 0.3 is 0 Å². The molecule has 0 spiro atoms. The van der Waals surface area contributed by atoms with Gasteiger partial charge in [-0.25, -0.2) is 8.42 Å². The maximum atomic E-state index is 13.3. The third-order valence-corrected chi connectivity index (χ3v) is 6.69. The fraction of sp³-hybridized carbons (Fsp3) is 0.600. The van der Waals surface area contributed by atoms with Crippen LogP contribution in [0.25, 0.3) is 0 Å². The molecule has 1 heterocycles. The molecule has 1 aliphatic heterocycles. The summed E-state index contributed by atoms with van der Waals surface area (Å²) in [5.41, 5.74) is 0.500. The Morgan fingerprint density at radius 2 is 1.89 bits per heavy atom. The van der Waals surface area contributed by atoms with E-state index in [9.17, 15) is 18.0 Å². The smallest absolute Gasteiger partial charge is 0.251 e. The van der Waals surface area contributed by atoms with Gasteiger partial charge in [-0.3, -0.25) is 9.59 Å². The molecule has 1 N–H and O–H groups in total. The predicted octanol–water partition coefficient (Wildman–Crippen LogP) is 2.26. The fourth-order valence-electron chi connectivity index (χ4n) is 3.33. The van der Waals surface area contributed by atoms with E-state index in [0.29, 0.717) is 18.5 Å². The lowest BCUT2D eigenvalue weighted by atomic mass is 10.0. The van der Waals surface area contributed by atoms with Crippen molar-refractivity contribution in [2.75, 3.05) is 18.1 Å². The van der Waals surface area contributed by atoms with Crippen LogP contribution in [-0.4, -0.2) is 55.3 Å². The molecule has 0 aliphatic carbocycles. The number of amides is 2. The van der Waals surface area contributed by atoms with E-state index in [1.165, 1.54) is 0 Å². The van der Waals surface area contributed by atoms with Crippen molar-refractivity contribution in [3.8, 4) is 0 Å². The molecule has 2 unspecified atom stereocenters. The Morgan fingerprint density at radius 1 is 1.22 bits per heavy atom. The van der Waals surface area contributed by atoms with Crippen molar-refractivity contribution in [1.29, 1.82) is 0 Å². The van der Waals surface area contributed by atoms with Gasteiger partial charge in [-0.15, -0.1) is 0 Å². The monoisotopic (exact) mass is 394 g/mol. The molecular formula is C20H30N2O4S. The summed E-state index contributed by atoms with van der Waals surface area (Å²) in [6.45, 7) is 6.32. The summed E-state index contributed by atoms with van der Waals surface area (Å²) in [6.07, 6.45) is 2.18. The molecule has 0 aromatic heterocycles. The van der Waals surface area contributed by atoms with E-state index in [-0.39, 0.29) is 35.3 Å². The Bertz CT molecular complexity index is 747. The van der Waals surface area contributed by atoms with Crippen molar-refractivity contribution in [3.05, 3.63) is 35.9 Å². The van der Waals surface area contributed by atoms with Crippen molar-refractivity contribution in [2.24, 2.45) is 5.92 Å². The van der Waals surface area contributed by atoms with Gasteiger partial charge in [-0.2, -0.15) is 0 Å². The van der Waals surface area contributed by atoms with Crippen molar-refractivity contribution >= 4 is 21.7 Å². The molecule has 0 saturated carbocycles. The van der Waals surface area contributed by atoms with Gasteiger partial charge < -0.3 is 10.2 Å². The normalized spacial score (nSPS) is 19.6. The molecule has 2 atom stereocenters. The minimum Gasteiger partial charge on any atom is -0.340 e. The van der Waals surface area contributed by atoms with Crippen LogP contribution in [0, 0.1) is 5.92 Å². The van der Waals surface area contributed by atoms with E-state index in [4.69, 9.17) is 0 Å². The van der Waals surface area contributed by atoms with Crippen LogP contribution in [0.5, 0.6) is 0 Å². The molecule has 27 heavy (non-hydrogen) atoms. The molecule has 1 aliphatic rings. The Hall–Kier alpha value is -1.89. The van der Waals surface area contributed by atoms with E-state index in [0.717, 1.165) is 12.8 Å². The number of carbonyl (C=O) groups excluding carboxylic acids is 2. The highest BCUT2D eigenvalue weighted by atomic mass is 32.2. The summed E-state index contributed by atoms with van der Waals surface area (Å²) in [5, 5.41) is 2.85. The number of rotatable bonds is 8. The van der Waals surface area contributed by atoms with Gasteiger partial charge in [0.1, 0.15) is 6.04 Å². The van der Waals surface area contributed by atoms with Crippen LogP contribution in [0.2, 0.25) is 0 Å². The first-order chi connectivity index (χ1) is 12.7. The molecule has 150 valence electrons. The van der Waals surface area contributed by atoms with E-state index >= 15 is 0 Å². The van der Waals surface area contributed by atoms with Crippen LogP contribution >= 0.6 is 0 Å². The second kappa shape index (κ2) is 9.35. The molecule has 6 nitrogen and oxygen atoms in total. The molecule has 1 aromatic rings. The standard InChI is InChI=1S/C20H30N2O4S/c1-4-5-12-22(17-11-13-27(25,26)14-17)20(24)18(15(2)3)21-19(23)16-9-7-6-8-10-16/h6-10,15,17-18H,4-5,11-14H2,1-3H3,(H,21,23). The third kappa shape index (κ3) is 5.79. The maximum Gasteiger partial charge on any atom is 0.251 e. The molecule has 2 amide bonds. The number of carbonyl (C=O) groups is 2. The number of unbranched alkanes of at least 4 members (excludes halogenated alkanes) is 1. The highest BCUT2D eigenvalue weighted by Gasteiger charge is 2.38. The molecular weight excluding hydrogens is 364 g/mol. The molecule has 0 radical (unpaired) electrons. The van der Waals surface area contributed by atoms with Gasteiger partial charge in [0.05, 0.1) is 11.5 Å². The number of hydrogen-bond donors (Lipinski definition) is 1. The largest absolute Gasteiger partial charge is 0.340 e. The van der Waals surface area contributed by atoms with Gasteiger partial charge in [0.15, 0.2) is 9.84 Å². The van der Waals surface area contributed by atoms with E-state index < -0.39 is 15.9 Å². The molecule has 1 aromatic carbocycles. The Morgan fingerprint density at radius 3 is 2.41 bits per heavy atom. The minimum absolute atomic E-state index is 0.0138. The van der Waals surface area contributed by atoms with Crippen molar-refractivity contribution in [2.45, 2.75) is 52.1 Å². The SMILES string of the molecule is CCCCN(C(=O)C(NC(=O)c1ccccc1)C(C)C)C1CCS(=O)(=O)C1. The fourth-order valence-corrected chi connectivity index (χ4v) is 5.06. The summed E-state index contributed by atoms with van der Waals surface area (Å²) < 4.78 is 23.8. The zero-order chi connectivity index (χ0) is 20.0. The summed E-state index contributed by atoms with van der Waals surface area (Å²) in [5.74, 6) is -0.454. The average molecular weight is 395 g/mol. The highest BCUT2D eigenvalue weighted by Crippen LogP contribution is 2.21. The van der Waals surface area contributed by atoms with Crippen LogP contribution in [0.1, 0.15) is 50.4 Å². The lowest BCUT2D eigenvalue weighted by molar-refractivity contribution is -0.136. The second-order valence-corrected chi connectivity index (χ2v) is 9.73. The van der Waals surface area contributed by atoms with Crippen LogP contribution in [0.15, 0.2) is 30.3 Å². The number of sulfone groups is 1. The van der Waals surface area contributed by atoms with Gasteiger partial charge in [0, 0.05) is 18.2 Å². The number of nitrogens with zero attached hydrogens (tertiary/aromatic N) is 1. The first-order valence-corrected chi connectivity index (χ1v) is 11.4. The highest BCUT2D eigenvalue weighted by molar-refractivity contribution is 7.91. The molecule has 1 saturated heterocycles. The summed E-state index contributed by atoms with van der Waals surface area (Å²) in [6, 6.07) is 7.80. The van der Waals surface area contributed by atoms with Gasteiger partial charge in [0.25, 0.3) is 5.91 Å². The average Bonchev–Trinajstić information content (AvgIpc) is 2.99. The van der Waals surface area contributed by atoms with Crippen LogP contribution in [0.4, 0.5) is 0 Å².